The second-order valence-corrected chi connectivity index (χ2v) is 7.09. The fraction of sp³-hybridized carbons (Fsp3) is 0.227. The molecule has 9 heteroatoms. The zero-order valence-electron chi connectivity index (χ0n) is 17.1. The SMILES string of the molecule is COc1ccc(C2CC(c3c(O)n(Cc4ccccc4)c(=O)[nH]c3=O)=NN2)cc1OC. The second kappa shape index (κ2) is 8.39. The van der Waals surface area contributed by atoms with Gasteiger partial charge in [-0.1, -0.05) is 36.4 Å². The van der Waals surface area contributed by atoms with Crippen LogP contribution < -0.4 is 26.1 Å². The highest BCUT2D eigenvalue weighted by molar-refractivity contribution is 6.03. The quantitative estimate of drug-likeness (QED) is 0.557. The third kappa shape index (κ3) is 3.89. The van der Waals surface area contributed by atoms with E-state index in [4.69, 9.17) is 9.47 Å². The van der Waals surface area contributed by atoms with Crippen molar-refractivity contribution >= 4 is 5.71 Å². The molecule has 31 heavy (non-hydrogen) atoms. The second-order valence-electron chi connectivity index (χ2n) is 7.09. The summed E-state index contributed by atoms with van der Waals surface area (Å²) in [4.78, 5) is 27.1. The lowest BCUT2D eigenvalue weighted by atomic mass is 9.99. The summed E-state index contributed by atoms with van der Waals surface area (Å²) in [6, 6.07) is 14.5. The van der Waals surface area contributed by atoms with Gasteiger partial charge in [-0.25, -0.2) is 4.79 Å². The summed E-state index contributed by atoms with van der Waals surface area (Å²) in [5.74, 6) is 0.769. The number of nitrogens with one attached hydrogen (secondary N) is 2. The molecule has 160 valence electrons. The lowest BCUT2D eigenvalue weighted by Crippen LogP contribution is -2.34. The molecule has 0 saturated heterocycles. The lowest BCUT2D eigenvalue weighted by molar-refractivity contribution is 0.354. The fourth-order valence-electron chi connectivity index (χ4n) is 3.59. The normalized spacial score (nSPS) is 15.3. The third-order valence-corrected chi connectivity index (χ3v) is 5.21. The van der Waals surface area contributed by atoms with Gasteiger partial charge < -0.3 is 20.0 Å². The summed E-state index contributed by atoms with van der Waals surface area (Å²) < 4.78 is 11.7. The monoisotopic (exact) mass is 422 g/mol. The number of rotatable bonds is 6. The van der Waals surface area contributed by atoms with Gasteiger partial charge in [-0.05, 0) is 23.3 Å². The zero-order chi connectivity index (χ0) is 22.0. The molecule has 0 bridgehead atoms. The van der Waals surface area contributed by atoms with Crippen LogP contribution in [0.5, 0.6) is 17.4 Å². The molecule has 3 N–H and O–H groups in total. The minimum Gasteiger partial charge on any atom is -0.494 e. The molecule has 0 saturated carbocycles. The smallest absolute Gasteiger partial charge is 0.331 e. The van der Waals surface area contributed by atoms with E-state index in [9.17, 15) is 14.7 Å². The van der Waals surface area contributed by atoms with Crippen molar-refractivity contribution in [3.8, 4) is 17.4 Å². The predicted molar refractivity (Wildman–Crippen MR) is 115 cm³/mol. The Bertz CT molecular complexity index is 1250. The van der Waals surface area contributed by atoms with E-state index in [1.165, 1.54) is 0 Å². The van der Waals surface area contributed by atoms with Crippen LogP contribution in [0, 0.1) is 0 Å². The predicted octanol–water partition coefficient (Wildman–Crippen LogP) is 1.75. The first-order chi connectivity index (χ1) is 15.0. The largest absolute Gasteiger partial charge is 0.494 e. The Morgan fingerprint density at radius 2 is 1.84 bits per heavy atom. The van der Waals surface area contributed by atoms with Gasteiger partial charge in [0.05, 0.1) is 32.5 Å². The first-order valence-electron chi connectivity index (χ1n) is 9.66. The van der Waals surface area contributed by atoms with E-state index in [1.807, 2.05) is 42.5 Å². The molecule has 3 aromatic rings. The highest BCUT2D eigenvalue weighted by Gasteiger charge is 2.28. The Balaban J connectivity index is 1.64. The van der Waals surface area contributed by atoms with Crippen LogP contribution in [0.15, 0.2) is 63.2 Å². The molecule has 1 unspecified atom stereocenters. The molecule has 1 aromatic heterocycles. The maximum atomic E-state index is 12.5. The van der Waals surface area contributed by atoms with Gasteiger partial charge in [0, 0.05) is 6.42 Å². The first-order valence-corrected chi connectivity index (χ1v) is 9.66. The van der Waals surface area contributed by atoms with Crippen LogP contribution >= 0.6 is 0 Å². The molecule has 2 aromatic carbocycles. The zero-order valence-corrected chi connectivity index (χ0v) is 17.1. The molecule has 0 amide bonds. The average molecular weight is 422 g/mol. The van der Waals surface area contributed by atoms with E-state index in [-0.39, 0.29) is 18.2 Å². The Morgan fingerprint density at radius 1 is 1.10 bits per heavy atom. The molecule has 0 aliphatic carbocycles. The van der Waals surface area contributed by atoms with Gasteiger partial charge >= 0.3 is 5.69 Å². The van der Waals surface area contributed by atoms with Crippen molar-refractivity contribution in [1.82, 2.24) is 15.0 Å². The van der Waals surface area contributed by atoms with Gasteiger partial charge in [-0.15, -0.1) is 0 Å². The van der Waals surface area contributed by atoms with Crippen molar-refractivity contribution in [2.75, 3.05) is 14.2 Å². The average Bonchev–Trinajstić information content (AvgIpc) is 3.26. The van der Waals surface area contributed by atoms with Crippen LogP contribution in [0.25, 0.3) is 0 Å². The molecule has 1 aliphatic heterocycles. The van der Waals surface area contributed by atoms with Crippen LogP contribution in [0.2, 0.25) is 0 Å². The number of nitrogens with zero attached hydrogens (tertiary/aromatic N) is 2. The number of aromatic amines is 1. The van der Waals surface area contributed by atoms with Crippen molar-refractivity contribution in [1.29, 1.82) is 0 Å². The summed E-state index contributed by atoms with van der Waals surface area (Å²) in [6.45, 7) is 0.120. The Kier molecular flexibility index (Phi) is 5.48. The molecule has 4 rings (SSSR count). The van der Waals surface area contributed by atoms with E-state index >= 15 is 0 Å². The fourth-order valence-corrected chi connectivity index (χ4v) is 3.59. The molecule has 0 radical (unpaired) electrons. The summed E-state index contributed by atoms with van der Waals surface area (Å²) in [5, 5.41) is 15.0. The number of hydrogen-bond donors (Lipinski definition) is 3. The standard InChI is InChI=1S/C22H22N4O5/c1-30-17-9-8-14(10-18(17)31-2)15-11-16(25-24-15)19-20(27)23-22(29)26(21(19)28)12-13-6-4-3-5-7-13/h3-10,15,24,28H,11-12H2,1-2H3,(H,23,27,29). The van der Waals surface area contributed by atoms with E-state index in [0.29, 0.717) is 23.6 Å². The third-order valence-electron chi connectivity index (χ3n) is 5.21. The number of H-pyrrole nitrogens is 1. The summed E-state index contributed by atoms with van der Waals surface area (Å²) >= 11 is 0. The van der Waals surface area contributed by atoms with Crippen LogP contribution in [0.3, 0.4) is 0 Å². The summed E-state index contributed by atoms with van der Waals surface area (Å²) in [7, 11) is 3.12. The first kappa shape index (κ1) is 20.3. The van der Waals surface area contributed by atoms with Crippen molar-refractivity contribution in [3.05, 3.63) is 86.1 Å². The molecule has 2 heterocycles. The minimum absolute atomic E-state index is 0.0222. The minimum atomic E-state index is -0.682. The van der Waals surface area contributed by atoms with Crippen molar-refractivity contribution in [2.45, 2.75) is 19.0 Å². The van der Waals surface area contributed by atoms with Gasteiger partial charge in [-0.2, -0.15) is 5.10 Å². The van der Waals surface area contributed by atoms with Crippen molar-refractivity contribution in [3.63, 3.8) is 0 Å². The number of methoxy groups -OCH3 is 2. The number of benzene rings is 2. The molecule has 0 fully saturated rings. The van der Waals surface area contributed by atoms with Gasteiger partial charge in [0.25, 0.3) is 5.56 Å². The van der Waals surface area contributed by atoms with E-state index < -0.39 is 17.1 Å². The van der Waals surface area contributed by atoms with Crippen molar-refractivity contribution < 1.29 is 14.6 Å². The number of hydrogen-bond acceptors (Lipinski definition) is 7. The van der Waals surface area contributed by atoms with Gasteiger partial charge in [-0.3, -0.25) is 14.3 Å². The number of aromatic hydroxyl groups is 1. The van der Waals surface area contributed by atoms with Gasteiger partial charge in [0.2, 0.25) is 5.88 Å². The Morgan fingerprint density at radius 3 is 2.55 bits per heavy atom. The summed E-state index contributed by atoms with van der Waals surface area (Å²) in [6.07, 6.45) is 0.343. The Labute approximate surface area is 177 Å². The van der Waals surface area contributed by atoms with E-state index in [1.54, 1.807) is 20.3 Å². The van der Waals surface area contributed by atoms with E-state index in [2.05, 4.69) is 15.5 Å². The summed E-state index contributed by atoms with van der Waals surface area (Å²) in [5.41, 5.74) is 3.66. The van der Waals surface area contributed by atoms with Gasteiger partial charge in [0.1, 0.15) is 5.56 Å². The molecule has 9 nitrogen and oxygen atoms in total. The molecule has 1 atom stereocenters. The number of ether oxygens (including phenoxy) is 2. The van der Waals surface area contributed by atoms with Crippen LogP contribution in [0.1, 0.15) is 29.2 Å². The molecular formula is C22H22N4O5. The highest BCUT2D eigenvalue weighted by atomic mass is 16.5. The van der Waals surface area contributed by atoms with E-state index in [0.717, 1.165) is 15.7 Å². The molecule has 1 aliphatic rings. The maximum absolute atomic E-state index is 12.5. The lowest BCUT2D eigenvalue weighted by Gasteiger charge is -2.14. The molecular weight excluding hydrogens is 400 g/mol. The van der Waals surface area contributed by atoms with Crippen molar-refractivity contribution in [2.24, 2.45) is 5.10 Å². The van der Waals surface area contributed by atoms with Crippen LogP contribution in [0.4, 0.5) is 0 Å². The van der Waals surface area contributed by atoms with Crippen LogP contribution in [-0.2, 0) is 6.54 Å². The topological polar surface area (TPSA) is 118 Å². The van der Waals surface area contributed by atoms with Crippen LogP contribution in [-0.4, -0.2) is 34.6 Å². The Hall–Kier alpha value is -4.01. The highest BCUT2D eigenvalue weighted by Crippen LogP contribution is 2.33. The maximum Gasteiger partial charge on any atom is 0.331 e. The molecule has 0 spiro atoms. The number of hydrazone groups is 1. The number of aromatic nitrogens is 2. The van der Waals surface area contributed by atoms with Gasteiger partial charge in [0.15, 0.2) is 11.5 Å².